The highest BCUT2D eigenvalue weighted by Gasteiger charge is 2.24. The summed E-state index contributed by atoms with van der Waals surface area (Å²) in [5.74, 6) is 0.362. The molecule has 0 aromatic carbocycles. The number of hydrogen-bond donors (Lipinski definition) is 3. The molecule has 1 heterocycles. The average Bonchev–Trinajstić information content (AvgIpc) is 2.68. The number of guanidine groups is 1. The fourth-order valence-corrected chi connectivity index (χ4v) is 2.71. The highest BCUT2D eigenvalue weighted by molar-refractivity contribution is 14.0. The lowest BCUT2D eigenvalue weighted by Crippen LogP contribution is -2.51. The van der Waals surface area contributed by atoms with E-state index in [2.05, 4.69) is 20.9 Å². The van der Waals surface area contributed by atoms with Crippen LogP contribution in [-0.4, -0.2) is 98.9 Å². The Bertz CT molecular complexity index is 630. The van der Waals surface area contributed by atoms with Crippen molar-refractivity contribution < 1.29 is 23.9 Å². The number of likely N-dealkylation sites (tertiary alicyclic amines) is 1. The molecular formula is C20H39IN6O5. The van der Waals surface area contributed by atoms with Crippen molar-refractivity contribution >= 4 is 48.0 Å². The quantitative estimate of drug-likeness (QED) is 0.183. The molecule has 0 radical (unpaired) electrons. The molecule has 0 unspecified atom stereocenters. The van der Waals surface area contributed by atoms with E-state index < -0.39 is 11.7 Å². The minimum Gasteiger partial charge on any atom is -0.450 e. The number of hydrogen-bond acceptors (Lipinski definition) is 6. The van der Waals surface area contributed by atoms with E-state index in [4.69, 9.17) is 9.47 Å². The molecule has 0 aromatic rings. The fourth-order valence-electron chi connectivity index (χ4n) is 2.71. The van der Waals surface area contributed by atoms with E-state index >= 15 is 0 Å². The van der Waals surface area contributed by atoms with Gasteiger partial charge in [-0.3, -0.25) is 4.79 Å². The van der Waals surface area contributed by atoms with Crippen molar-refractivity contribution in [3.8, 4) is 0 Å². The number of carbonyl (C=O) groups is 3. The summed E-state index contributed by atoms with van der Waals surface area (Å²) in [4.78, 5) is 43.0. The lowest BCUT2D eigenvalue weighted by molar-refractivity contribution is -0.127. The predicted octanol–water partition coefficient (Wildman–Crippen LogP) is 1.37. The Morgan fingerprint density at radius 1 is 1.09 bits per heavy atom. The van der Waals surface area contributed by atoms with Crippen molar-refractivity contribution in [2.24, 2.45) is 4.99 Å². The molecule has 1 saturated heterocycles. The average molecular weight is 570 g/mol. The Balaban J connectivity index is 0.00000961. The van der Waals surface area contributed by atoms with Gasteiger partial charge in [-0.15, -0.1) is 24.0 Å². The standard InChI is InChI=1S/C20H38N6O5.HI/c1-7-30-19(29)26-12-8-15(9-13-26)24-17(23-14-16(27)25(5)6)21-10-11-22-18(28)31-20(2,3)4;/h15H,7-14H2,1-6H3,(H,22,28)(H2,21,23,24);1H. The number of nitrogens with zero attached hydrogens (tertiary/aromatic N) is 3. The number of amides is 3. The van der Waals surface area contributed by atoms with Crippen LogP contribution in [0.25, 0.3) is 0 Å². The van der Waals surface area contributed by atoms with E-state index in [1.54, 1.807) is 46.7 Å². The predicted molar refractivity (Wildman–Crippen MR) is 133 cm³/mol. The number of halogens is 1. The van der Waals surface area contributed by atoms with Crippen molar-refractivity contribution in [1.82, 2.24) is 25.8 Å². The topological polar surface area (TPSA) is 125 Å². The van der Waals surface area contributed by atoms with Crippen LogP contribution in [0.2, 0.25) is 0 Å². The molecule has 0 bridgehead atoms. The molecule has 12 heteroatoms. The van der Waals surface area contributed by atoms with E-state index in [-0.39, 0.29) is 48.6 Å². The van der Waals surface area contributed by atoms with Crippen molar-refractivity contribution in [1.29, 1.82) is 0 Å². The molecule has 3 N–H and O–H groups in total. The van der Waals surface area contributed by atoms with Gasteiger partial charge in [0.25, 0.3) is 0 Å². The monoisotopic (exact) mass is 570 g/mol. The number of rotatable bonds is 7. The highest BCUT2D eigenvalue weighted by atomic mass is 127. The third kappa shape index (κ3) is 12.8. The van der Waals surface area contributed by atoms with E-state index in [0.717, 1.165) is 12.8 Å². The number of piperidine rings is 1. The molecule has 0 aliphatic carbocycles. The lowest BCUT2D eigenvalue weighted by Gasteiger charge is -2.32. The third-order valence-electron chi connectivity index (χ3n) is 4.32. The smallest absolute Gasteiger partial charge is 0.409 e. The van der Waals surface area contributed by atoms with Gasteiger partial charge in [0.2, 0.25) is 5.91 Å². The largest absolute Gasteiger partial charge is 0.450 e. The Kier molecular flexibility index (Phi) is 14.0. The highest BCUT2D eigenvalue weighted by Crippen LogP contribution is 2.11. The second-order valence-electron chi connectivity index (χ2n) is 8.41. The maximum atomic E-state index is 11.9. The van der Waals surface area contributed by atoms with Crippen molar-refractivity contribution in [3.63, 3.8) is 0 Å². The normalized spacial score (nSPS) is 14.7. The number of ether oxygens (including phenoxy) is 2. The van der Waals surface area contributed by atoms with Crippen LogP contribution in [0.1, 0.15) is 40.5 Å². The van der Waals surface area contributed by atoms with Gasteiger partial charge in [-0.25, -0.2) is 14.6 Å². The number of aliphatic imine (C=N–C) groups is 1. The lowest BCUT2D eigenvalue weighted by atomic mass is 10.1. The summed E-state index contributed by atoms with van der Waals surface area (Å²) < 4.78 is 10.2. The molecule has 11 nitrogen and oxygen atoms in total. The zero-order valence-corrected chi connectivity index (χ0v) is 22.4. The van der Waals surface area contributed by atoms with Crippen LogP contribution in [0.4, 0.5) is 9.59 Å². The molecular weight excluding hydrogens is 531 g/mol. The molecule has 1 rings (SSSR count). The molecule has 32 heavy (non-hydrogen) atoms. The summed E-state index contributed by atoms with van der Waals surface area (Å²) in [6, 6.07) is 0.102. The number of likely N-dealkylation sites (N-methyl/N-ethyl adjacent to an activating group) is 1. The van der Waals surface area contributed by atoms with Gasteiger partial charge in [0, 0.05) is 46.3 Å². The summed E-state index contributed by atoms with van der Waals surface area (Å²) >= 11 is 0. The van der Waals surface area contributed by atoms with Crippen LogP contribution in [0.5, 0.6) is 0 Å². The first-order chi connectivity index (χ1) is 14.5. The van der Waals surface area contributed by atoms with Gasteiger partial charge in [0.1, 0.15) is 12.1 Å². The van der Waals surface area contributed by atoms with Gasteiger partial charge < -0.3 is 35.2 Å². The van der Waals surface area contributed by atoms with Crippen molar-refractivity contribution in [3.05, 3.63) is 0 Å². The van der Waals surface area contributed by atoms with Crippen molar-refractivity contribution in [2.45, 2.75) is 52.2 Å². The van der Waals surface area contributed by atoms with E-state index in [1.165, 1.54) is 4.90 Å². The van der Waals surface area contributed by atoms with Gasteiger partial charge in [-0.05, 0) is 40.5 Å². The Hall–Kier alpha value is -1.99. The molecule has 1 aliphatic heterocycles. The van der Waals surface area contributed by atoms with Gasteiger partial charge in [0.15, 0.2) is 5.96 Å². The molecule has 3 amide bonds. The van der Waals surface area contributed by atoms with E-state index in [1.807, 2.05) is 0 Å². The molecule has 0 atom stereocenters. The molecule has 1 fully saturated rings. The Morgan fingerprint density at radius 3 is 2.22 bits per heavy atom. The van der Waals surface area contributed by atoms with Gasteiger partial charge in [-0.2, -0.15) is 0 Å². The van der Waals surface area contributed by atoms with E-state index in [9.17, 15) is 14.4 Å². The van der Waals surface area contributed by atoms with Gasteiger partial charge in [0.05, 0.1) is 6.61 Å². The zero-order chi connectivity index (χ0) is 23.4. The zero-order valence-electron chi connectivity index (χ0n) is 20.0. The molecule has 186 valence electrons. The first kappa shape index (κ1) is 30.0. The minimum atomic E-state index is -0.559. The summed E-state index contributed by atoms with van der Waals surface area (Å²) in [5.41, 5.74) is -0.559. The van der Waals surface area contributed by atoms with Crippen LogP contribution in [0, 0.1) is 0 Å². The Labute approximate surface area is 208 Å². The van der Waals surface area contributed by atoms with Gasteiger partial charge in [-0.1, -0.05) is 0 Å². The number of alkyl carbamates (subject to hydrolysis) is 1. The van der Waals surface area contributed by atoms with Crippen LogP contribution in [-0.2, 0) is 14.3 Å². The second kappa shape index (κ2) is 15.0. The second-order valence-corrected chi connectivity index (χ2v) is 8.41. The summed E-state index contributed by atoms with van der Waals surface area (Å²) in [7, 11) is 3.35. The van der Waals surface area contributed by atoms with E-state index in [0.29, 0.717) is 38.7 Å². The van der Waals surface area contributed by atoms with Crippen LogP contribution < -0.4 is 16.0 Å². The molecule has 0 aromatic heterocycles. The molecule has 1 aliphatic rings. The van der Waals surface area contributed by atoms with Crippen LogP contribution >= 0.6 is 24.0 Å². The maximum Gasteiger partial charge on any atom is 0.409 e. The number of nitrogens with one attached hydrogen (secondary N) is 3. The van der Waals surface area contributed by atoms with Crippen LogP contribution in [0.15, 0.2) is 4.99 Å². The molecule has 0 saturated carbocycles. The van der Waals surface area contributed by atoms with Crippen LogP contribution in [0.3, 0.4) is 0 Å². The Morgan fingerprint density at radius 2 is 1.69 bits per heavy atom. The van der Waals surface area contributed by atoms with Crippen molar-refractivity contribution in [2.75, 3.05) is 53.4 Å². The minimum absolute atomic E-state index is 0. The van der Waals surface area contributed by atoms with Gasteiger partial charge >= 0.3 is 12.2 Å². The summed E-state index contributed by atoms with van der Waals surface area (Å²) in [5, 5.41) is 9.11. The summed E-state index contributed by atoms with van der Waals surface area (Å²) in [6.45, 7) is 9.45. The maximum absolute atomic E-state index is 11.9. The SMILES string of the molecule is CCOC(=O)N1CCC(NC(=NCC(=O)N(C)C)NCCNC(=O)OC(C)(C)C)CC1.I. The first-order valence-corrected chi connectivity index (χ1v) is 10.7. The third-order valence-corrected chi connectivity index (χ3v) is 4.32. The first-order valence-electron chi connectivity index (χ1n) is 10.7. The number of carbonyl (C=O) groups excluding carboxylic acids is 3. The summed E-state index contributed by atoms with van der Waals surface area (Å²) in [6.07, 6.45) is 0.682. The molecule has 0 spiro atoms. The fraction of sp³-hybridized carbons (Fsp3) is 0.800.